The first-order valence-electron chi connectivity index (χ1n) is 3.45. The normalized spacial score (nSPS) is 14.7. The van der Waals surface area contributed by atoms with Crippen molar-refractivity contribution in [3.05, 3.63) is 22.4 Å². The Labute approximate surface area is 74.1 Å². The summed E-state index contributed by atoms with van der Waals surface area (Å²) in [5.74, 6) is 0. The van der Waals surface area contributed by atoms with Crippen molar-refractivity contribution in [2.45, 2.75) is 13.0 Å². The van der Waals surface area contributed by atoms with Crippen molar-refractivity contribution in [1.82, 2.24) is 5.48 Å². The zero-order chi connectivity index (χ0) is 8.97. The molecule has 1 heterocycles. The third-order valence-electron chi connectivity index (χ3n) is 1.49. The molecule has 0 bridgehead atoms. The van der Waals surface area contributed by atoms with Gasteiger partial charge in [0.2, 0.25) is 0 Å². The maximum absolute atomic E-state index is 8.64. The molecular weight excluding hydrogens is 176 g/mol. The number of hydrogen-bond donors (Lipinski definition) is 3. The fraction of sp³-hybridized carbons (Fsp3) is 0.286. The van der Waals surface area contributed by atoms with Crippen molar-refractivity contribution in [3.63, 3.8) is 0 Å². The van der Waals surface area contributed by atoms with Gasteiger partial charge in [-0.05, 0) is 18.4 Å². The maximum atomic E-state index is 8.64. The predicted molar refractivity (Wildman–Crippen MR) is 47.0 cm³/mol. The van der Waals surface area contributed by atoms with E-state index < -0.39 is 0 Å². The Morgan fingerprint density at radius 3 is 2.92 bits per heavy atom. The molecule has 66 valence electrons. The molecule has 0 aromatic carbocycles. The molecule has 1 aromatic rings. The molecule has 0 saturated carbocycles. The van der Waals surface area contributed by atoms with Crippen LogP contribution in [0.2, 0.25) is 0 Å². The van der Waals surface area contributed by atoms with Gasteiger partial charge in [0.25, 0.3) is 0 Å². The highest BCUT2D eigenvalue weighted by Crippen LogP contribution is 2.11. The highest BCUT2D eigenvalue weighted by atomic mass is 32.1. The SMILES string of the molecule is CC(NO)/C(=N/O)c1cccs1. The van der Waals surface area contributed by atoms with E-state index in [2.05, 4.69) is 5.16 Å². The molecule has 0 aliphatic rings. The highest BCUT2D eigenvalue weighted by Gasteiger charge is 2.12. The number of thiophene rings is 1. The van der Waals surface area contributed by atoms with Crippen LogP contribution in [0.5, 0.6) is 0 Å². The number of rotatable bonds is 3. The van der Waals surface area contributed by atoms with Crippen molar-refractivity contribution in [2.24, 2.45) is 5.16 Å². The van der Waals surface area contributed by atoms with Crippen LogP contribution >= 0.6 is 11.3 Å². The van der Waals surface area contributed by atoms with Gasteiger partial charge in [0, 0.05) is 0 Å². The summed E-state index contributed by atoms with van der Waals surface area (Å²) in [5.41, 5.74) is 2.46. The van der Waals surface area contributed by atoms with Gasteiger partial charge in [0.1, 0.15) is 5.71 Å². The lowest BCUT2D eigenvalue weighted by molar-refractivity contribution is 0.154. The predicted octanol–water partition coefficient (Wildman–Crippen LogP) is 1.29. The smallest absolute Gasteiger partial charge is 0.116 e. The number of hydroxylamine groups is 1. The summed E-state index contributed by atoms with van der Waals surface area (Å²) in [6.45, 7) is 1.70. The van der Waals surface area contributed by atoms with Crippen LogP contribution in [0, 0.1) is 0 Å². The molecule has 5 heteroatoms. The lowest BCUT2D eigenvalue weighted by atomic mass is 10.2. The summed E-state index contributed by atoms with van der Waals surface area (Å²) >= 11 is 1.46. The molecule has 1 atom stereocenters. The van der Waals surface area contributed by atoms with E-state index in [-0.39, 0.29) is 6.04 Å². The molecule has 4 nitrogen and oxygen atoms in total. The zero-order valence-corrected chi connectivity index (χ0v) is 7.38. The second-order valence-corrected chi connectivity index (χ2v) is 3.26. The lowest BCUT2D eigenvalue weighted by Gasteiger charge is -2.08. The molecule has 3 N–H and O–H groups in total. The first-order valence-corrected chi connectivity index (χ1v) is 4.33. The van der Waals surface area contributed by atoms with Crippen LogP contribution in [0.1, 0.15) is 11.8 Å². The molecule has 0 aliphatic heterocycles. The van der Waals surface area contributed by atoms with Crippen molar-refractivity contribution in [2.75, 3.05) is 0 Å². The van der Waals surface area contributed by atoms with Gasteiger partial charge in [-0.1, -0.05) is 11.2 Å². The minimum Gasteiger partial charge on any atom is -0.411 e. The summed E-state index contributed by atoms with van der Waals surface area (Å²) in [4.78, 5) is 0.839. The Morgan fingerprint density at radius 1 is 1.75 bits per heavy atom. The largest absolute Gasteiger partial charge is 0.411 e. The summed E-state index contributed by atoms with van der Waals surface area (Å²) in [7, 11) is 0. The zero-order valence-electron chi connectivity index (χ0n) is 6.56. The van der Waals surface area contributed by atoms with Gasteiger partial charge in [-0.25, -0.2) is 0 Å². The maximum Gasteiger partial charge on any atom is 0.116 e. The first-order chi connectivity index (χ1) is 5.79. The fourth-order valence-corrected chi connectivity index (χ4v) is 1.63. The van der Waals surface area contributed by atoms with Crippen molar-refractivity contribution in [3.8, 4) is 0 Å². The van der Waals surface area contributed by atoms with E-state index >= 15 is 0 Å². The first kappa shape index (κ1) is 9.18. The molecular formula is C7H10N2O2S. The summed E-state index contributed by atoms with van der Waals surface area (Å²) in [6, 6.07) is 3.32. The van der Waals surface area contributed by atoms with Crippen LogP contribution in [0.4, 0.5) is 0 Å². The van der Waals surface area contributed by atoms with Gasteiger partial charge in [0.05, 0.1) is 10.9 Å². The molecule has 0 fully saturated rings. The topological polar surface area (TPSA) is 64.8 Å². The van der Waals surface area contributed by atoms with Gasteiger partial charge in [-0.3, -0.25) is 0 Å². The highest BCUT2D eigenvalue weighted by molar-refractivity contribution is 7.12. The Balaban J connectivity index is 2.85. The molecule has 0 aliphatic carbocycles. The average Bonchev–Trinajstić information content (AvgIpc) is 2.58. The van der Waals surface area contributed by atoms with E-state index in [4.69, 9.17) is 10.4 Å². The summed E-state index contributed by atoms with van der Waals surface area (Å²) in [5, 5.41) is 22.2. The van der Waals surface area contributed by atoms with Crippen molar-refractivity contribution in [1.29, 1.82) is 0 Å². The number of nitrogens with one attached hydrogen (secondary N) is 1. The van der Waals surface area contributed by atoms with Crippen LogP contribution in [-0.2, 0) is 0 Å². The van der Waals surface area contributed by atoms with E-state index in [1.54, 1.807) is 6.92 Å². The Morgan fingerprint density at radius 2 is 2.50 bits per heavy atom. The fourth-order valence-electron chi connectivity index (χ4n) is 0.835. The number of hydrogen-bond acceptors (Lipinski definition) is 5. The summed E-state index contributed by atoms with van der Waals surface area (Å²) in [6.07, 6.45) is 0. The molecule has 0 radical (unpaired) electrons. The van der Waals surface area contributed by atoms with E-state index in [1.165, 1.54) is 11.3 Å². The minimum atomic E-state index is -0.367. The molecule has 0 amide bonds. The number of nitrogens with zero attached hydrogens (tertiary/aromatic N) is 1. The second-order valence-electron chi connectivity index (χ2n) is 2.31. The summed E-state index contributed by atoms with van der Waals surface area (Å²) < 4.78 is 0. The van der Waals surface area contributed by atoms with Gasteiger partial charge in [-0.2, -0.15) is 5.48 Å². The monoisotopic (exact) mass is 186 g/mol. The van der Waals surface area contributed by atoms with E-state index in [0.29, 0.717) is 5.71 Å². The standard InChI is InChI=1S/C7H10N2O2S/c1-5(8-10)7(9-11)6-3-2-4-12-6/h2-5,8,10-11H,1H3/b9-7-. The van der Waals surface area contributed by atoms with Crippen molar-refractivity contribution >= 4 is 17.0 Å². The van der Waals surface area contributed by atoms with Gasteiger partial charge in [0.15, 0.2) is 0 Å². The van der Waals surface area contributed by atoms with Crippen LogP contribution in [0.3, 0.4) is 0 Å². The Kier molecular flexibility index (Phi) is 3.21. The van der Waals surface area contributed by atoms with Crippen LogP contribution in [0.15, 0.2) is 22.7 Å². The Hall–Kier alpha value is -0.910. The van der Waals surface area contributed by atoms with Crippen LogP contribution in [-0.4, -0.2) is 22.2 Å². The minimum absolute atomic E-state index is 0.367. The second kappa shape index (κ2) is 4.20. The van der Waals surface area contributed by atoms with E-state index in [9.17, 15) is 0 Å². The quantitative estimate of drug-likeness (QED) is 0.378. The number of oxime groups is 1. The molecule has 1 rings (SSSR count). The third-order valence-corrected chi connectivity index (χ3v) is 2.38. The average molecular weight is 186 g/mol. The van der Waals surface area contributed by atoms with Gasteiger partial charge in [-0.15, -0.1) is 11.3 Å². The molecule has 1 unspecified atom stereocenters. The Bertz CT molecular complexity index is 258. The van der Waals surface area contributed by atoms with Crippen LogP contribution < -0.4 is 5.48 Å². The van der Waals surface area contributed by atoms with E-state index in [0.717, 1.165) is 4.88 Å². The molecule has 12 heavy (non-hydrogen) atoms. The van der Waals surface area contributed by atoms with E-state index in [1.807, 2.05) is 23.0 Å². The van der Waals surface area contributed by atoms with Crippen LogP contribution in [0.25, 0.3) is 0 Å². The lowest BCUT2D eigenvalue weighted by Crippen LogP contribution is -2.31. The molecule has 0 saturated heterocycles. The van der Waals surface area contributed by atoms with Crippen molar-refractivity contribution < 1.29 is 10.4 Å². The molecule has 1 aromatic heterocycles. The van der Waals surface area contributed by atoms with Gasteiger partial charge >= 0.3 is 0 Å². The third kappa shape index (κ3) is 1.82. The molecule has 0 spiro atoms. The van der Waals surface area contributed by atoms with Gasteiger partial charge < -0.3 is 10.4 Å².